The Balaban J connectivity index is 1.54. The zero-order valence-corrected chi connectivity index (χ0v) is 17.0. The Kier molecular flexibility index (Phi) is 4.64. The van der Waals surface area contributed by atoms with Crippen LogP contribution in [0.2, 0.25) is 0 Å². The summed E-state index contributed by atoms with van der Waals surface area (Å²) in [6, 6.07) is 15.5. The lowest BCUT2D eigenvalue weighted by Gasteiger charge is -2.42. The van der Waals surface area contributed by atoms with E-state index in [2.05, 4.69) is 16.4 Å². The van der Waals surface area contributed by atoms with Gasteiger partial charge in [0.1, 0.15) is 17.1 Å². The molecule has 1 aromatic heterocycles. The van der Waals surface area contributed by atoms with Gasteiger partial charge in [0.25, 0.3) is 5.91 Å². The number of hydrogen-bond donors (Lipinski definition) is 2. The Morgan fingerprint density at radius 2 is 1.89 bits per heavy atom. The molecular weight excluding hydrogens is 372 g/mol. The summed E-state index contributed by atoms with van der Waals surface area (Å²) in [6.45, 7) is 4.49. The monoisotopic (exact) mass is 395 g/mol. The summed E-state index contributed by atoms with van der Waals surface area (Å²) in [4.78, 5) is 33.1. The molecule has 3 aromatic rings. The molecular formula is C21H23N4O2S+. The van der Waals surface area contributed by atoms with Crippen LogP contribution in [0.15, 0.2) is 48.5 Å². The Labute approximate surface area is 167 Å². The van der Waals surface area contributed by atoms with Gasteiger partial charge in [0.2, 0.25) is 5.91 Å². The summed E-state index contributed by atoms with van der Waals surface area (Å²) in [5.41, 5.74) is 1.46. The van der Waals surface area contributed by atoms with Crippen molar-refractivity contribution in [1.29, 1.82) is 0 Å². The zero-order chi connectivity index (χ0) is 19.9. The number of carbonyl (C=O) groups excluding carboxylic acids is 2. The van der Waals surface area contributed by atoms with Gasteiger partial charge in [-0.15, -0.1) is 11.3 Å². The summed E-state index contributed by atoms with van der Waals surface area (Å²) in [7, 11) is 1.98. The molecule has 1 aliphatic rings. The van der Waals surface area contributed by atoms with E-state index in [1.165, 1.54) is 0 Å². The van der Waals surface area contributed by atoms with Crippen LogP contribution in [0.5, 0.6) is 0 Å². The van der Waals surface area contributed by atoms with Gasteiger partial charge in [-0.25, -0.2) is 4.98 Å². The van der Waals surface area contributed by atoms with Gasteiger partial charge in [0.15, 0.2) is 6.54 Å². The number of fused-ring (bicyclic) bond motifs is 2. The van der Waals surface area contributed by atoms with Crippen LogP contribution in [0.1, 0.15) is 18.9 Å². The molecule has 1 aliphatic heterocycles. The maximum Gasteiger partial charge on any atom is 0.283 e. The van der Waals surface area contributed by atoms with E-state index in [-0.39, 0.29) is 18.4 Å². The lowest BCUT2D eigenvalue weighted by molar-refractivity contribution is -0.885. The quantitative estimate of drug-likeness (QED) is 0.711. The molecule has 2 aromatic carbocycles. The van der Waals surface area contributed by atoms with E-state index in [0.29, 0.717) is 12.2 Å². The number of nitrogens with one attached hydrogen (secondary N) is 2. The lowest BCUT2D eigenvalue weighted by atomic mass is 9.96. The molecule has 28 heavy (non-hydrogen) atoms. The first-order valence-corrected chi connectivity index (χ1v) is 10.1. The number of likely N-dealkylation sites (N-methyl/N-ethyl adjacent to an activating group) is 1. The van der Waals surface area contributed by atoms with E-state index in [1.54, 1.807) is 30.1 Å². The third-order valence-electron chi connectivity index (χ3n) is 5.00. The summed E-state index contributed by atoms with van der Waals surface area (Å²) >= 11 is 1.66. The van der Waals surface area contributed by atoms with Crippen LogP contribution in [0.4, 0.5) is 11.4 Å². The third kappa shape index (κ3) is 3.27. The minimum Gasteiger partial charge on any atom is -0.324 e. The number of carbonyl (C=O) groups is 2. The summed E-state index contributed by atoms with van der Waals surface area (Å²) in [5.74, 6) is -0.255. The van der Waals surface area contributed by atoms with Crippen molar-refractivity contribution < 1.29 is 14.5 Å². The van der Waals surface area contributed by atoms with Crippen LogP contribution in [-0.4, -0.2) is 35.9 Å². The number of thiazole rings is 1. The van der Waals surface area contributed by atoms with Crippen LogP contribution in [0.25, 0.3) is 10.2 Å². The van der Waals surface area contributed by atoms with Gasteiger partial charge in [0, 0.05) is 0 Å². The molecule has 0 bridgehead atoms. The van der Waals surface area contributed by atoms with Crippen LogP contribution >= 0.6 is 11.3 Å². The number of benzene rings is 2. The molecule has 1 atom stereocenters. The SMILES string of the molecule is C[NH+](CC(=O)N1c2ccccc2NC(=O)C1(C)C)Cc1nc2ccccc2s1. The van der Waals surface area contributed by atoms with E-state index in [1.807, 2.05) is 49.5 Å². The number of amides is 2. The molecule has 2 amide bonds. The zero-order valence-electron chi connectivity index (χ0n) is 16.2. The first kappa shape index (κ1) is 18.6. The highest BCUT2D eigenvalue weighted by Crippen LogP contribution is 2.36. The van der Waals surface area contributed by atoms with Crippen molar-refractivity contribution in [1.82, 2.24) is 4.98 Å². The van der Waals surface area contributed by atoms with Crippen molar-refractivity contribution in [2.45, 2.75) is 25.9 Å². The molecule has 7 heteroatoms. The van der Waals surface area contributed by atoms with Crippen molar-refractivity contribution in [2.75, 3.05) is 23.8 Å². The molecule has 0 saturated heterocycles. The number of anilines is 2. The van der Waals surface area contributed by atoms with Crippen LogP contribution < -0.4 is 15.1 Å². The molecule has 2 heterocycles. The summed E-state index contributed by atoms with van der Waals surface area (Å²) < 4.78 is 1.15. The molecule has 4 rings (SSSR count). The minimum atomic E-state index is -0.943. The number of para-hydroxylation sites is 3. The second-order valence-electron chi connectivity index (χ2n) is 7.65. The Morgan fingerprint density at radius 1 is 1.18 bits per heavy atom. The average molecular weight is 396 g/mol. The van der Waals surface area contributed by atoms with Gasteiger partial charge in [-0.2, -0.15) is 0 Å². The largest absolute Gasteiger partial charge is 0.324 e. The van der Waals surface area contributed by atoms with Crippen molar-refractivity contribution in [3.05, 3.63) is 53.5 Å². The van der Waals surface area contributed by atoms with E-state index >= 15 is 0 Å². The number of hydrogen-bond acceptors (Lipinski definition) is 4. The number of nitrogens with zero attached hydrogens (tertiary/aromatic N) is 2. The van der Waals surface area contributed by atoms with Crippen molar-refractivity contribution >= 4 is 44.7 Å². The molecule has 0 radical (unpaired) electrons. The number of aromatic nitrogens is 1. The second-order valence-corrected chi connectivity index (χ2v) is 8.76. The standard InChI is InChI=1S/C21H22N4O2S/c1-21(2)20(27)23-14-8-4-6-10-16(14)25(21)19(26)13-24(3)12-18-22-15-9-5-7-11-17(15)28-18/h4-11H,12-13H2,1-3H3,(H,23,27)/p+1. The summed E-state index contributed by atoms with van der Waals surface area (Å²) in [6.07, 6.45) is 0. The Morgan fingerprint density at radius 3 is 2.68 bits per heavy atom. The first-order chi connectivity index (χ1) is 13.4. The topological polar surface area (TPSA) is 66.7 Å². The van der Waals surface area contributed by atoms with Gasteiger partial charge in [0.05, 0.1) is 28.6 Å². The molecule has 6 nitrogen and oxygen atoms in total. The van der Waals surface area contributed by atoms with Crippen molar-refractivity contribution in [3.8, 4) is 0 Å². The molecule has 0 aliphatic carbocycles. The molecule has 0 fully saturated rings. The Hall–Kier alpha value is -2.77. The van der Waals surface area contributed by atoms with Crippen LogP contribution in [-0.2, 0) is 16.1 Å². The van der Waals surface area contributed by atoms with Gasteiger partial charge >= 0.3 is 0 Å². The van der Waals surface area contributed by atoms with Crippen molar-refractivity contribution in [2.24, 2.45) is 0 Å². The van der Waals surface area contributed by atoms with Crippen LogP contribution in [0, 0.1) is 0 Å². The van der Waals surface area contributed by atoms with E-state index in [0.717, 1.165) is 25.8 Å². The predicted octanol–water partition coefficient (Wildman–Crippen LogP) is 2.07. The lowest BCUT2D eigenvalue weighted by Crippen LogP contribution is -3.09. The maximum atomic E-state index is 13.2. The van der Waals surface area contributed by atoms with Gasteiger partial charge in [-0.1, -0.05) is 24.3 Å². The third-order valence-corrected chi connectivity index (χ3v) is 6.04. The highest BCUT2D eigenvalue weighted by molar-refractivity contribution is 7.18. The first-order valence-electron chi connectivity index (χ1n) is 9.25. The number of quaternary nitrogens is 1. The fraction of sp³-hybridized carbons (Fsp3) is 0.286. The fourth-order valence-corrected chi connectivity index (χ4v) is 4.63. The normalized spacial score (nSPS) is 16.5. The highest BCUT2D eigenvalue weighted by Gasteiger charge is 2.44. The second kappa shape index (κ2) is 7.00. The van der Waals surface area contributed by atoms with Gasteiger partial charge in [-0.3, -0.25) is 14.5 Å². The summed E-state index contributed by atoms with van der Waals surface area (Å²) in [5, 5.41) is 3.90. The van der Waals surface area contributed by atoms with Gasteiger partial charge < -0.3 is 10.2 Å². The minimum absolute atomic E-state index is 0.0779. The molecule has 0 saturated carbocycles. The van der Waals surface area contributed by atoms with Gasteiger partial charge in [-0.05, 0) is 38.1 Å². The van der Waals surface area contributed by atoms with E-state index < -0.39 is 5.54 Å². The number of rotatable bonds is 4. The molecule has 2 N–H and O–H groups in total. The van der Waals surface area contributed by atoms with Crippen LogP contribution in [0.3, 0.4) is 0 Å². The molecule has 1 unspecified atom stereocenters. The average Bonchev–Trinajstić information content (AvgIpc) is 3.04. The van der Waals surface area contributed by atoms with Crippen molar-refractivity contribution in [3.63, 3.8) is 0 Å². The van der Waals surface area contributed by atoms with E-state index in [4.69, 9.17) is 0 Å². The maximum absolute atomic E-state index is 13.2. The highest BCUT2D eigenvalue weighted by atomic mass is 32.1. The van der Waals surface area contributed by atoms with E-state index in [9.17, 15) is 9.59 Å². The fourth-order valence-electron chi connectivity index (χ4n) is 3.55. The molecule has 0 spiro atoms. The molecule has 144 valence electrons. The predicted molar refractivity (Wildman–Crippen MR) is 112 cm³/mol. The Bertz CT molecular complexity index is 1030. The smallest absolute Gasteiger partial charge is 0.283 e.